The van der Waals surface area contributed by atoms with Gasteiger partial charge in [0.1, 0.15) is 0 Å². The van der Waals surface area contributed by atoms with Gasteiger partial charge in [0.05, 0.1) is 0 Å². The van der Waals surface area contributed by atoms with Crippen LogP contribution >= 0.6 is 0 Å². The van der Waals surface area contributed by atoms with Crippen molar-refractivity contribution in [1.82, 2.24) is 0 Å². The molecule has 0 aliphatic heterocycles. The quantitative estimate of drug-likeness (QED) is 0.318. The van der Waals surface area contributed by atoms with E-state index in [9.17, 15) is 0 Å². The Morgan fingerprint density at radius 2 is 0.406 bits per heavy atom. The van der Waals surface area contributed by atoms with Crippen molar-refractivity contribution in [1.29, 1.82) is 0 Å². The van der Waals surface area contributed by atoms with Crippen molar-refractivity contribution in [2.24, 2.45) is 0 Å². The van der Waals surface area contributed by atoms with Crippen molar-refractivity contribution < 1.29 is 0 Å². The van der Waals surface area contributed by atoms with Crippen LogP contribution in [0.3, 0.4) is 0 Å². The van der Waals surface area contributed by atoms with Gasteiger partial charge in [0.15, 0.2) is 0 Å². The molecule has 0 N–H and O–H groups in total. The molecule has 0 bridgehead atoms. The molecule has 0 amide bonds. The van der Waals surface area contributed by atoms with Crippen LogP contribution in [-0.2, 0) is 0 Å². The van der Waals surface area contributed by atoms with Crippen LogP contribution in [0.5, 0.6) is 0 Å². The molecule has 1 aliphatic carbocycles. The van der Waals surface area contributed by atoms with Gasteiger partial charge in [-0.3, -0.25) is 0 Å². The van der Waals surface area contributed by atoms with Crippen molar-refractivity contribution >= 4 is 22.3 Å². The second-order valence-electron chi connectivity index (χ2n) is 7.79. The second-order valence-corrected chi connectivity index (χ2v) is 7.79. The topological polar surface area (TPSA) is 0 Å². The second kappa shape index (κ2) is 9.32. The summed E-state index contributed by atoms with van der Waals surface area (Å²) < 4.78 is 0. The molecule has 0 spiro atoms. The molecule has 32 heavy (non-hydrogen) atoms. The summed E-state index contributed by atoms with van der Waals surface area (Å²) in [6, 6.07) is 42.5. The average Bonchev–Trinajstić information content (AvgIpc) is 2.86. The maximum absolute atomic E-state index is 2.27. The lowest BCUT2D eigenvalue weighted by atomic mass is 9.87. The zero-order chi connectivity index (χ0) is 21.6. The van der Waals surface area contributed by atoms with E-state index >= 15 is 0 Å². The molecule has 4 aromatic rings. The Kier molecular flexibility index (Phi) is 5.76. The first-order valence-corrected chi connectivity index (χ1v) is 11.0. The Morgan fingerprint density at radius 3 is 0.594 bits per heavy atom. The van der Waals surface area contributed by atoms with E-state index in [1.54, 1.807) is 0 Å². The zero-order valence-corrected chi connectivity index (χ0v) is 17.9. The third-order valence-electron chi connectivity index (χ3n) is 5.75. The van der Waals surface area contributed by atoms with Crippen molar-refractivity contribution in [2.75, 3.05) is 0 Å². The van der Waals surface area contributed by atoms with Gasteiger partial charge in [-0.05, 0) is 44.5 Å². The molecule has 0 fully saturated rings. The maximum Gasteiger partial charge on any atom is -0.0105 e. The van der Waals surface area contributed by atoms with Gasteiger partial charge in [0, 0.05) is 0 Å². The van der Waals surface area contributed by atoms with Crippen LogP contribution in [-0.4, -0.2) is 0 Å². The highest BCUT2D eigenvalue weighted by atomic mass is 14.2. The lowest BCUT2D eigenvalue weighted by molar-refractivity contribution is 1.56. The molecule has 0 atom stereocenters. The molecule has 0 aromatic heterocycles. The summed E-state index contributed by atoms with van der Waals surface area (Å²) in [4.78, 5) is 0. The average molecular weight is 409 g/mol. The predicted octanol–water partition coefficient (Wildman–Crippen LogP) is 8.33. The maximum atomic E-state index is 2.27. The van der Waals surface area contributed by atoms with E-state index < -0.39 is 0 Å². The highest BCUT2D eigenvalue weighted by Crippen LogP contribution is 2.36. The molecule has 0 heterocycles. The smallest absolute Gasteiger partial charge is 0.0105 e. The lowest BCUT2D eigenvalue weighted by Gasteiger charge is -2.17. The number of hydrogen-bond donors (Lipinski definition) is 0. The van der Waals surface area contributed by atoms with E-state index in [-0.39, 0.29) is 0 Å². The van der Waals surface area contributed by atoms with Crippen molar-refractivity contribution in [3.63, 3.8) is 0 Å². The van der Waals surface area contributed by atoms with Gasteiger partial charge in [-0.25, -0.2) is 0 Å². The third-order valence-corrected chi connectivity index (χ3v) is 5.75. The summed E-state index contributed by atoms with van der Waals surface area (Å²) in [6.07, 6.45) is 9.08. The number of rotatable bonds is 4. The lowest BCUT2D eigenvalue weighted by Crippen LogP contribution is -1.94. The number of hydrogen-bond acceptors (Lipinski definition) is 0. The van der Waals surface area contributed by atoms with E-state index in [4.69, 9.17) is 0 Å². The SMILES string of the molecule is C1=C\C(c2ccccc2)=C(c2ccccc2)/C=C\C(c2ccccc2)=C/1c1ccccc1. The summed E-state index contributed by atoms with van der Waals surface area (Å²) in [5.74, 6) is 0. The van der Waals surface area contributed by atoms with E-state index in [0.29, 0.717) is 0 Å². The largest absolute Gasteiger partial charge is 0.0622 e. The van der Waals surface area contributed by atoms with Crippen LogP contribution in [0.1, 0.15) is 22.3 Å². The first-order valence-electron chi connectivity index (χ1n) is 11.0. The predicted molar refractivity (Wildman–Crippen MR) is 138 cm³/mol. The minimum atomic E-state index is 1.21. The summed E-state index contributed by atoms with van der Waals surface area (Å²) >= 11 is 0. The Morgan fingerprint density at radius 1 is 0.219 bits per heavy atom. The van der Waals surface area contributed by atoms with Crippen LogP contribution in [0.25, 0.3) is 22.3 Å². The number of benzene rings is 4. The number of allylic oxidation sites excluding steroid dienone is 8. The molecular weight excluding hydrogens is 384 g/mol. The minimum Gasteiger partial charge on any atom is -0.0622 e. The van der Waals surface area contributed by atoms with E-state index in [1.807, 2.05) is 0 Å². The molecule has 0 unspecified atom stereocenters. The van der Waals surface area contributed by atoms with E-state index in [0.717, 1.165) is 0 Å². The Hall–Kier alpha value is -4.16. The summed E-state index contributed by atoms with van der Waals surface area (Å²) in [5, 5.41) is 0. The molecule has 152 valence electrons. The van der Waals surface area contributed by atoms with Crippen LogP contribution in [0.15, 0.2) is 146 Å². The Bertz CT molecular complexity index is 1090. The standard InChI is InChI=1S/C32H24/c1-5-13-25(14-6-1)29-21-22-31(27-17-9-3-10-18-27)32(28-19-11-4-12-20-28)24-23-30(29)26-15-7-2-8-16-26/h1-24H/b22-21-,24-23-,29-21?,30-23?,30-29-,31-22?,32-24?,32-31-. The molecule has 0 saturated carbocycles. The first kappa shape index (κ1) is 19.8. The first-order chi connectivity index (χ1) is 15.9. The van der Waals surface area contributed by atoms with Gasteiger partial charge in [-0.15, -0.1) is 0 Å². The Balaban J connectivity index is 1.75. The molecule has 1 aliphatic rings. The van der Waals surface area contributed by atoms with Crippen molar-refractivity contribution in [3.8, 4) is 0 Å². The Labute approximate surface area is 190 Å². The third kappa shape index (κ3) is 4.17. The van der Waals surface area contributed by atoms with Crippen LogP contribution in [0.2, 0.25) is 0 Å². The zero-order valence-electron chi connectivity index (χ0n) is 17.9. The molecule has 0 nitrogen and oxygen atoms in total. The van der Waals surface area contributed by atoms with Gasteiger partial charge >= 0.3 is 0 Å². The molecule has 4 aromatic carbocycles. The normalized spacial score (nSPS) is 20.2. The highest BCUT2D eigenvalue weighted by Gasteiger charge is 2.13. The van der Waals surface area contributed by atoms with Crippen molar-refractivity contribution in [2.45, 2.75) is 0 Å². The van der Waals surface area contributed by atoms with Gasteiger partial charge in [0.2, 0.25) is 0 Å². The van der Waals surface area contributed by atoms with Gasteiger partial charge < -0.3 is 0 Å². The molecule has 0 heteroatoms. The van der Waals surface area contributed by atoms with Gasteiger partial charge in [-0.2, -0.15) is 0 Å². The van der Waals surface area contributed by atoms with E-state index in [2.05, 4.69) is 146 Å². The summed E-state index contributed by atoms with van der Waals surface area (Å²) in [6.45, 7) is 0. The van der Waals surface area contributed by atoms with Crippen LogP contribution < -0.4 is 0 Å². The van der Waals surface area contributed by atoms with Crippen LogP contribution in [0, 0.1) is 0 Å². The fourth-order valence-electron chi connectivity index (χ4n) is 4.17. The fraction of sp³-hybridized carbons (Fsp3) is 0. The van der Waals surface area contributed by atoms with Gasteiger partial charge in [-0.1, -0.05) is 146 Å². The molecule has 5 rings (SSSR count). The van der Waals surface area contributed by atoms with Gasteiger partial charge in [0.25, 0.3) is 0 Å². The monoisotopic (exact) mass is 408 g/mol. The fourth-order valence-corrected chi connectivity index (χ4v) is 4.17. The molecule has 0 saturated heterocycles. The van der Waals surface area contributed by atoms with Crippen LogP contribution in [0.4, 0.5) is 0 Å². The molecule has 0 radical (unpaired) electrons. The minimum absolute atomic E-state index is 1.21. The van der Waals surface area contributed by atoms with Crippen molar-refractivity contribution in [3.05, 3.63) is 168 Å². The summed E-state index contributed by atoms with van der Waals surface area (Å²) in [5.41, 5.74) is 9.71. The van der Waals surface area contributed by atoms with E-state index in [1.165, 1.54) is 44.5 Å². The summed E-state index contributed by atoms with van der Waals surface area (Å²) in [7, 11) is 0. The molecular formula is C32H24. The highest BCUT2D eigenvalue weighted by molar-refractivity contribution is 6.07.